The molecular weight excluding hydrogens is 261 g/mol. The quantitative estimate of drug-likeness (QED) is 0.925. The van der Waals surface area contributed by atoms with Crippen LogP contribution in [0.25, 0.3) is 0 Å². The molecule has 1 aromatic carbocycles. The molecule has 17 heavy (non-hydrogen) atoms. The standard InChI is InChI=1S/C12H9Cl2NO2/c13-10-5-9(16)6-11(14)12(10)17-7-8-3-1-2-4-15-8/h1-6,16H,7H2. The Morgan fingerprint density at radius 3 is 2.47 bits per heavy atom. The first-order chi connectivity index (χ1) is 8.16. The van der Waals surface area contributed by atoms with Crippen LogP contribution in [-0.2, 0) is 6.61 Å². The largest absolute Gasteiger partial charge is 0.508 e. The zero-order valence-corrected chi connectivity index (χ0v) is 10.2. The molecule has 5 heteroatoms. The van der Waals surface area contributed by atoms with Gasteiger partial charge in [0, 0.05) is 18.3 Å². The SMILES string of the molecule is Oc1cc(Cl)c(OCc2ccccn2)c(Cl)c1. The predicted molar refractivity (Wildman–Crippen MR) is 66.7 cm³/mol. The summed E-state index contributed by atoms with van der Waals surface area (Å²) >= 11 is 11.8. The Morgan fingerprint density at radius 2 is 1.88 bits per heavy atom. The number of pyridine rings is 1. The molecule has 0 bridgehead atoms. The van der Waals surface area contributed by atoms with Gasteiger partial charge in [-0.05, 0) is 12.1 Å². The lowest BCUT2D eigenvalue weighted by molar-refractivity contribution is 0.301. The monoisotopic (exact) mass is 269 g/mol. The fraction of sp³-hybridized carbons (Fsp3) is 0.0833. The van der Waals surface area contributed by atoms with E-state index in [0.717, 1.165) is 5.69 Å². The number of halogens is 2. The van der Waals surface area contributed by atoms with Crippen LogP contribution >= 0.6 is 23.2 Å². The summed E-state index contributed by atoms with van der Waals surface area (Å²) in [6, 6.07) is 8.28. The minimum atomic E-state index is 0.00480. The van der Waals surface area contributed by atoms with Crippen LogP contribution in [0.5, 0.6) is 11.5 Å². The van der Waals surface area contributed by atoms with Crippen LogP contribution in [-0.4, -0.2) is 10.1 Å². The molecule has 1 aromatic heterocycles. The first kappa shape index (κ1) is 12.0. The molecule has 0 aliphatic rings. The number of aromatic hydroxyl groups is 1. The average Bonchev–Trinajstić information content (AvgIpc) is 2.29. The van der Waals surface area contributed by atoms with Crippen LogP contribution in [0, 0.1) is 0 Å². The number of benzene rings is 1. The summed E-state index contributed by atoms with van der Waals surface area (Å²) in [5.74, 6) is 0.349. The first-order valence-electron chi connectivity index (χ1n) is 4.87. The van der Waals surface area contributed by atoms with Gasteiger partial charge in [-0.25, -0.2) is 0 Å². The van der Waals surface area contributed by atoms with Gasteiger partial charge in [0.1, 0.15) is 12.4 Å². The summed E-state index contributed by atoms with van der Waals surface area (Å²) in [6.45, 7) is 0.269. The molecule has 0 saturated carbocycles. The Balaban J connectivity index is 2.15. The van der Waals surface area contributed by atoms with E-state index in [1.54, 1.807) is 6.20 Å². The summed E-state index contributed by atoms with van der Waals surface area (Å²) in [6.07, 6.45) is 1.68. The Hall–Kier alpha value is -1.45. The number of aromatic nitrogens is 1. The van der Waals surface area contributed by atoms with Gasteiger partial charge in [0.25, 0.3) is 0 Å². The third-order valence-corrected chi connectivity index (χ3v) is 2.64. The zero-order chi connectivity index (χ0) is 12.3. The maximum Gasteiger partial charge on any atom is 0.157 e. The Labute approximate surface area is 109 Å². The van der Waals surface area contributed by atoms with Crippen LogP contribution in [0.1, 0.15) is 5.69 Å². The van der Waals surface area contributed by atoms with Crippen LogP contribution in [0.3, 0.4) is 0 Å². The summed E-state index contributed by atoms with van der Waals surface area (Å²) in [4.78, 5) is 4.11. The van der Waals surface area contributed by atoms with Gasteiger partial charge >= 0.3 is 0 Å². The molecule has 0 fully saturated rings. The van der Waals surface area contributed by atoms with E-state index in [1.165, 1.54) is 12.1 Å². The van der Waals surface area contributed by atoms with E-state index in [4.69, 9.17) is 27.9 Å². The van der Waals surface area contributed by atoms with E-state index in [2.05, 4.69) is 4.98 Å². The second-order valence-corrected chi connectivity index (χ2v) is 4.16. The summed E-state index contributed by atoms with van der Waals surface area (Å²) in [5, 5.41) is 9.81. The van der Waals surface area contributed by atoms with Gasteiger partial charge in [0.2, 0.25) is 0 Å². The molecule has 2 rings (SSSR count). The highest BCUT2D eigenvalue weighted by atomic mass is 35.5. The van der Waals surface area contributed by atoms with Gasteiger partial charge in [0.05, 0.1) is 15.7 Å². The number of hydrogen-bond donors (Lipinski definition) is 1. The molecule has 0 atom stereocenters. The normalized spacial score (nSPS) is 10.2. The van der Waals surface area contributed by atoms with E-state index in [0.29, 0.717) is 5.75 Å². The molecule has 1 heterocycles. The summed E-state index contributed by atoms with van der Waals surface area (Å²) in [7, 11) is 0. The molecule has 0 saturated heterocycles. The maximum absolute atomic E-state index is 9.27. The van der Waals surface area contributed by atoms with Crippen LogP contribution in [0.2, 0.25) is 10.0 Å². The number of nitrogens with zero attached hydrogens (tertiary/aromatic N) is 1. The minimum absolute atomic E-state index is 0.00480. The second-order valence-electron chi connectivity index (χ2n) is 3.35. The van der Waals surface area contributed by atoms with Crippen molar-refractivity contribution in [2.24, 2.45) is 0 Å². The van der Waals surface area contributed by atoms with Gasteiger partial charge in [-0.1, -0.05) is 29.3 Å². The molecule has 88 valence electrons. The first-order valence-corrected chi connectivity index (χ1v) is 5.63. The molecule has 0 aliphatic heterocycles. The maximum atomic E-state index is 9.27. The third kappa shape index (κ3) is 3.02. The highest BCUT2D eigenvalue weighted by molar-refractivity contribution is 6.37. The average molecular weight is 270 g/mol. The van der Waals surface area contributed by atoms with Gasteiger partial charge in [0.15, 0.2) is 5.75 Å². The van der Waals surface area contributed by atoms with Crippen LogP contribution < -0.4 is 4.74 Å². The Bertz CT molecular complexity index is 494. The van der Waals surface area contributed by atoms with Crippen molar-refractivity contribution in [1.29, 1.82) is 0 Å². The number of ether oxygens (including phenoxy) is 1. The molecule has 0 unspecified atom stereocenters. The van der Waals surface area contributed by atoms with Crippen molar-refractivity contribution in [2.45, 2.75) is 6.61 Å². The van der Waals surface area contributed by atoms with Crippen LogP contribution in [0.15, 0.2) is 36.5 Å². The van der Waals surface area contributed by atoms with Crippen molar-refractivity contribution < 1.29 is 9.84 Å². The van der Waals surface area contributed by atoms with Gasteiger partial charge in [-0.15, -0.1) is 0 Å². The second kappa shape index (κ2) is 5.25. The number of phenols is 1. The smallest absolute Gasteiger partial charge is 0.157 e. The highest BCUT2D eigenvalue weighted by Crippen LogP contribution is 2.36. The van der Waals surface area contributed by atoms with Crippen molar-refractivity contribution in [2.75, 3.05) is 0 Å². The fourth-order valence-electron chi connectivity index (χ4n) is 1.31. The van der Waals surface area contributed by atoms with Gasteiger partial charge in [-0.2, -0.15) is 0 Å². The number of rotatable bonds is 3. The lowest BCUT2D eigenvalue weighted by atomic mass is 10.3. The minimum Gasteiger partial charge on any atom is -0.508 e. The number of hydrogen-bond acceptors (Lipinski definition) is 3. The molecule has 0 aliphatic carbocycles. The van der Waals surface area contributed by atoms with Gasteiger partial charge in [-0.3, -0.25) is 4.98 Å². The number of phenolic OH excluding ortho intramolecular Hbond substituents is 1. The van der Waals surface area contributed by atoms with Crippen molar-refractivity contribution in [3.8, 4) is 11.5 Å². The summed E-state index contributed by atoms with van der Waals surface area (Å²) < 4.78 is 5.47. The summed E-state index contributed by atoms with van der Waals surface area (Å²) in [5.41, 5.74) is 0.771. The highest BCUT2D eigenvalue weighted by Gasteiger charge is 2.09. The molecule has 1 N–H and O–H groups in total. The third-order valence-electron chi connectivity index (χ3n) is 2.07. The lowest BCUT2D eigenvalue weighted by Gasteiger charge is -2.09. The Morgan fingerprint density at radius 1 is 1.18 bits per heavy atom. The molecular formula is C12H9Cl2NO2. The topological polar surface area (TPSA) is 42.4 Å². The Kier molecular flexibility index (Phi) is 3.71. The van der Waals surface area contributed by atoms with Crippen LogP contribution in [0.4, 0.5) is 0 Å². The predicted octanol–water partition coefficient (Wildman–Crippen LogP) is 3.67. The molecule has 3 nitrogen and oxygen atoms in total. The van der Waals surface area contributed by atoms with Crippen molar-refractivity contribution in [1.82, 2.24) is 4.98 Å². The van der Waals surface area contributed by atoms with E-state index in [9.17, 15) is 5.11 Å². The zero-order valence-electron chi connectivity index (χ0n) is 8.73. The van der Waals surface area contributed by atoms with E-state index >= 15 is 0 Å². The molecule has 2 aromatic rings. The van der Waals surface area contributed by atoms with Crippen molar-refractivity contribution in [3.63, 3.8) is 0 Å². The van der Waals surface area contributed by atoms with E-state index < -0.39 is 0 Å². The molecule has 0 radical (unpaired) electrons. The van der Waals surface area contributed by atoms with Crippen molar-refractivity contribution >= 4 is 23.2 Å². The molecule has 0 spiro atoms. The fourth-order valence-corrected chi connectivity index (χ4v) is 1.90. The van der Waals surface area contributed by atoms with E-state index in [1.807, 2.05) is 18.2 Å². The van der Waals surface area contributed by atoms with Gasteiger partial charge < -0.3 is 9.84 Å². The lowest BCUT2D eigenvalue weighted by Crippen LogP contribution is -1.98. The molecule has 0 amide bonds. The van der Waals surface area contributed by atoms with Crippen molar-refractivity contribution in [3.05, 3.63) is 52.3 Å². The van der Waals surface area contributed by atoms with E-state index in [-0.39, 0.29) is 22.4 Å².